The number of nitrogens with zero attached hydrogens (tertiary/aromatic N) is 1. The minimum absolute atomic E-state index is 0.00522. The molecule has 2 rings (SSSR count). The van der Waals surface area contributed by atoms with Crippen molar-refractivity contribution in [3.8, 4) is 0 Å². The molecule has 0 aromatic heterocycles. The fourth-order valence-electron chi connectivity index (χ4n) is 3.52. The molecule has 3 unspecified atom stereocenters. The second-order valence-electron chi connectivity index (χ2n) is 6.98. The Bertz CT molecular complexity index is 395. The summed E-state index contributed by atoms with van der Waals surface area (Å²) in [6, 6.07) is 0.204. The highest BCUT2D eigenvalue weighted by molar-refractivity contribution is 5.76. The van der Waals surface area contributed by atoms with E-state index in [1.807, 2.05) is 6.92 Å². The number of nitrogens with one attached hydrogen (secondary N) is 1. The van der Waals surface area contributed by atoms with E-state index in [-0.39, 0.29) is 29.4 Å². The molecule has 114 valence electrons. The standard InChI is InChI=1S/C15H26N2O3/c1-10-9-11(13(18)19)6-8-17(10)14(20)16-12-5-4-7-15(12,2)3/h10-12H,4-9H2,1-3H3,(H,16,20)(H,18,19). The number of piperidine rings is 1. The average molecular weight is 282 g/mol. The molecule has 1 aliphatic heterocycles. The number of carbonyl (C=O) groups excluding carboxylic acids is 1. The van der Waals surface area contributed by atoms with Crippen molar-refractivity contribution in [3.05, 3.63) is 0 Å². The highest BCUT2D eigenvalue weighted by Crippen LogP contribution is 2.37. The first kappa shape index (κ1) is 15.1. The molecule has 0 radical (unpaired) electrons. The third-order valence-electron chi connectivity index (χ3n) is 5.04. The summed E-state index contributed by atoms with van der Waals surface area (Å²) in [5.74, 6) is -1.05. The van der Waals surface area contributed by atoms with Crippen molar-refractivity contribution in [2.45, 2.75) is 65.0 Å². The van der Waals surface area contributed by atoms with Gasteiger partial charge in [0.15, 0.2) is 0 Å². The van der Waals surface area contributed by atoms with Crippen LogP contribution in [0.4, 0.5) is 4.79 Å². The van der Waals surface area contributed by atoms with Crippen molar-refractivity contribution in [3.63, 3.8) is 0 Å². The Kier molecular flexibility index (Phi) is 4.25. The number of carbonyl (C=O) groups is 2. The van der Waals surface area contributed by atoms with Crippen LogP contribution in [0.25, 0.3) is 0 Å². The van der Waals surface area contributed by atoms with Gasteiger partial charge >= 0.3 is 12.0 Å². The molecule has 20 heavy (non-hydrogen) atoms. The molecule has 1 saturated heterocycles. The Labute approximate surface area is 120 Å². The fourth-order valence-corrected chi connectivity index (χ4v) is 3.52. The molecule has 1 saturated carbocycles. The number of carboxylic acid groups (broad SMARTS) is 1. The van der Waals surface area contributed by atoms with Crippen molar-refractivity contribution in [1.82, 2.24) is 10.2 Å². The van der Waals surface area contributed by atoms with Crippen LogP contribution in [0.3, 0.4) is 0 Å². The van der Waals surface area contributed by atoms with Gasteiger partial charge in [-0.2, -0.15) is 0 Å². The van der Waals surface area contributed by atoms with Crippen LogP contribution in [-0.2, 0) is 4.79 Å². The van der Waals surface area contributed by atoms with Crippen molar-refractivity contribution in [2.75, 3.05) is 6.54 Å². The molecule has 2 fully saturated rings. The number of amides is 2. The first-order valence-electron chi connectivity index (χ1n) is 7.61. The van der Waals surface area contributed by atoms with Gasteiger partial charge in [0, 0.05) is 18.6 Å². The smallest absolute Gasteiger partial charge is 0.317 e. The Morgan fingerprint density at radius 1 is 1.30 bits per heavy atom. The molecular formula is C15H26N2O3. The van der Waals surface area contributed by atoms with Gasteiger partial charge in [0.1, 0.15) is 0 Å². The molecule has 0 spiro atoms. The Morgan fingerprint density at radius 2 is 2.00 bits per heavy atom. The Hall–Kier alpha value is -1.26. The van der Waals surface area contributed by atoms with Gasteiger partial charge in [-0.3, -0.25) is 4.79 Å². The van der Waals surface area contributed by atoms with Gasteiger partial charge in [0.05, 0.1) is 5.92 Å². The molecule has 1 aliphatic carbocycles. The van der Waals surface area contributed by atoms with E-state index in [2.05, 4.69) is 19.2 Å². The zero-order valence-electron chi connectivity index (χ0n) is 12.7. The lowest BCUT2D eigenvalue weighted by molar-refractivity contribution is -0.143. The van der Waals surface area contributed by atoms with E-state index in [1.54, 1.807) is 4.90 Å². The van der Waals surface area contributed by atoms with Gasteiger partial charge in [-0.25, -0.2) is 4.79 Å². The predicted molar refractivity (Wildman–Crippen MR) is 76.5 cm³/mol. The van der Waals surface area contributed by atoms with Crippen LogP contribution in [0.1, 0.15) is 52.9 Å². The number of urea groups is 1. The molecule has 0 aromatic carbocycles. The quantitative estimate of drug-likeness (QED) is 0.817. The highest BCUT2D eigenvalue weighted by atomic mass is 16.4. The number of hydrogen-bond acceptors (Lipinski definition) is 2. The second kappa shape index (κ2) is 5.62. The molecular weight excluding hydrogens is 256 g/mol. The number of hydrogen-bond donors (Lipinski definition) is 2. The lowest BCUT2D eigenvalue weighted by Crippen LogP contribution is -2.53. The van der Waals surface area contributed by atoms with E-state index in [0.29, 0.717) is 19.4 Å². The first-order chi connectivity index (χ1) is 9.31. The van der Waals surface area contributed by atoms with E-state index in [0.717, 1.165) is 19.3 Å². The van der Waals surface area contributed by atoms with Gasteiger partial charge in [0.2, 0.25) is 0 Å². The molecule has 0 aromatic rings. The largest absolute Gasteiger partial charge is 0.481 e. The summed E-state index contributed by atoms with van der Waals surface area (Å²) >= 11 is 0. The summed E-state index contributed by atoms with van der Waals surface area (Å²) in [6.45, 7) is 6.88. The van der Waals surface area contributed by atoms with Crippen LogP contribution in [0.2, 0.25) is 0 Å². The third-order valence-corrected chi connectivity index (χ3v) is 5.04. The highest BCUT2D eigenvalue weighted by Gasteiger charge is 2.38. The molecule has 2 aliphatic rings. The van der Waals surface area contributed by atoms with E-state index < -0.39 is 5.97 Å². The molecule has 5 heteroatoms. The van der Waals surface area contributed by atoms with Crippen LogP contribution < -0.4 is 5.32 Å². The summed E-state index contributed by atoms with van der Waals surface area (Å²) in [5.41, 5.74) is 0.165. The summed E-state index contributed by atoms with van der Waals surface area (Å²) in [6.07, 6.45) is 4.46. The lowest BCUT2D eigenvalue weighted by atomic mass is 9.87. The molecule has 3 atom stereocenters. The summed E-state index contributed by atoms with van der Waals surface area (Å²) in [5, 5.41) is 12.2. The van der Waals surface area contributed by atoms with Crippen LogP contribution in [0, 0.1) is 11.3 Å². The topological polar surface area (TPSA) is 69.6 Å². The predicted octanol–water partition coefficient (Wildman–Crippen LogP) is 2.46. The monoisotopic (exact) mass is 282 g/mol. The van der Waals surface area contributed by atoms with Gasteiger partial charge in [0.25, 0.3) is 0 Å². The molecule has 1 heterocycles. The van der Waals surface area contributed by atoms with E-state index in [1.165, 1.54) is 0 Å². The summed E-state index contributed by atoms with van der Waals surface area (Å²) in [4.78, 5) is 25.2. The normalized spacial score (nSPS) is 33.0. The van der Waals surface area contributed by atoms with Gasteiger partial charge in [-0.15, -0.1) is 0 Å². The second-order valence-corrected chi connectivity index (χ2v) is 6.98. The van der Waals surface area contributed by atoms with Crippen LogP contribution in [0.5, 0.6) is 0 Å². The van der Waals surface area contributed by atoms with Crippen molar-refractivity contribution < 1.29 is 14.7 Å². The van der Waals surface area contributed by atoms with Crippen LogP contribution >= 0.6 is 0 Å². The summed E-state index contributed by atoms with van der Waals surface area (Å²) < 4.78 is 0. The number of likely N-dealkylation sites (tertiary alicyclic amines) is 1. The maximum absolute atomic E-state index is 12.4. The van der Waals surface area contributed by atoms with Crippen molar-refractivity contribution >= 4 is 12.0 Å². The van der Waals surface area contributed by atoms with E-state index >= 15 is 0 Å². The Balaban J connectivity index is 1.92. The summed E-state index contributed by atoms with van der Waals surface area (Å²) in [7, 11) is 0. The van der Waals surface area contributed by atoms with Gasteiger partial charge in [-0.05, 0) is 38.0 Å². The maximum Gasteiger partial charge on any atom is 0.317 e. The number of carboxylic acids is 1. The van der Waals surface area contributed by atoms with Gasteiger partial charge in [-0.1, -0.05) is 20.3 Å². The lowest BCUT2D eigenvalue weighted by Gasteiger charge is -2.38. The zero-order valence-corrected chi connectivity index (χ0v) is 12.7. The maximum atomic E-state index is 12.4. The minimum atomic E-state index is -0.742. The number of aliphatic carboxylic acids is 1. The molecule has 2 amide bonds. The third kappa shape index (κ3) is 3.07. The average Bonchev–Trinajstić information content (AvgIpc) is 2.68. The van der Waals surface area contributed by atoms with E-state index in [9.17, 15) is 9.59 Å². The van der Waals surface area contributed by atoms with Gasteiger partial charge < -0.3 is 15.3 Å². The number of rotatable bonds is 2. The molecule has 2 N–H and O–H groups in total. The Morgan fingerprint density at radius 3 is 2.50 bits per heavy atom. The minimum Gasteiger partial charge on any atom is -0.481 e. The van der Waals surface area contributed by atoms with Crippen LogP contribution in [-0.4, -0.2) is 40.6 Å². The first-order valence-corrected chi connectivity index (χ1v) is 7.61. The molecule has 5 nitrogen and oxygen atoms in total. The van der Waals surface area contributed by atoms with Crippen molar-refractivity contribution in [1.29, 1.82) is 0 Å². The fraction of sp³-hybridized carbons (Fsp3) is 0.867. The SMILES string of the molecule is CC1CC(C(=O)O)CCN1C(=O)NC1CCCC1(C)C. The molecule has 0 bridgehead atoms. The van der Waals surface area contributed by atoms with Crippen molar-refractivity contribution in [2.24, 2.45) is 11.3 Å². The van der Waals surface area contributed by atoms with E-state index in [4.69, 9.17) is 5.11 Å². The van der Waals surface area contributed by atoms with Crippen LogP contribution in [0.15, 0.2) is 0 Å². The zero-order chi connectivity index (χ0) is 14.9.